The van der Waals surface area contributed by atoms with E-state index in [-0.39, 0.29) is 11.8 Å². The number of carbonyl (C=O) groups is 2. The summed E-state index contributed by atoms with van der Waals surface area (Å²) in [6, 6.07) is 5.27. The second-order valence-corrected chi connectivity index (χ2v) is 3.87. The number of aliphatic carboxylic acids is 1. The van der Waals surface area contributed by atoms with Crippen LogP contribution < -0.4 is 4.90 Å². The predicted octanol–water partition coefficient (Wildman–Crippen LogP) is 0.765. The van der Waals surface area contributed by atoms with E-state index in [0.717, 1.165) is 0 Å². The molecule has 1 N–H and O–H groups in total. The lowest BCUT2D eigenvalue weighted by Crippen LogP contribution is -2.29. The van der Waals surface area contributed by atoms with Crippen molar-refractivity contribution < 1.29 is 14.7 Å². The molecule has 0 spiro atoms. The number of carbonyl (C=O) groups excluding carboxylic acids is 1. The average molecular weight is 220 g/mol. The molecule has 0 saturated heterocycles. The Morgan fingerprint density at radius 2 is 2.19 bits per heavy atom. The van der Waals surface area contributed by atoms with E-state index >= 15 is 0 Å². The van der Waals surface area contributed by atoms with Crippen LogP contribution in [0.2, 0.25) is 0 Å². The van der Waals surface area contributed by atoms with E-state index in [4.69, 9.17) is 5.11 Å². The molecule has 1 fully saturated rings. The predicted molar refractivity (Wildman–Crippen MR) is 56.9 cm³/mol. The number of pyridine rings is 1. The Morgan fingerprint density at radius 3 is 2.69 bits per heavy atom. The third-order valence-corrected chi connectivity index (χ3v) is 2.75. The number of hydrogen-bond acceptors (Lipinski definition) is 3. The quantitative estimate of drug-likeness (QED) is 0.816. The van der Waals surface area contributed by atoms with E-state index < -0.39 is 11.9 Å². The maximum absolute atomic E-state index is 11.8. The van der Waals surface area contributed by atoms with Crippen LogP contribution in [0.3, 0.4) is 0 Å². The topological polar surface area (TPSA) is 70.5 Å². The van der Waals surface area contributed by atoms with Gasteiger partial charge in [-0.25, -0.2) is 4.98 Å². The molecule has 2 atom stereocenters. The molecule has 1 aromatic rings. The van der Waals surface area contributed by atoms with Crippen molar-refractivity contribution in [3.8, 4) is 0 Å². The molecular weight excluding hydrogens is 208 g/mol. The Hall–Kier alpha value is -1.91. The van der Waals surface area contributed by atoms with Gasteiger partial charge < -0.3 is 5.11 Å². The second-order valence-electron chi connectivity index (χ2n) is 3.87. The van der Waals surface area contributed by atoms with Crippen LogP contribution in [0, 0.1) is 11.8 Å². The van der Waals surface area contributed by atoms with Crippen molar-refractivity contribution in [1.82, 2.24) is 4.98 Å². The Labute approximate surface area is 92.7 Å². The highest BCUT2D eigenvalue weighted by molar-refractivity contribution is 5.99. The molecule has 5 nitrogen and oxygen atoms in total. The van der Waals surface area contributed by atoms with Gasteiger partial charge in [-0.3, -0.25) is 14.5 Å². The SMILES string of the molecule is CN(C(=O)C1CC1C(=O)O)c1ccccn1. The molecule has 0 aliphatic heterocycles. The summed E-state index contributed by atoms with van der Waals surface area (Å²) in [5, 5.41) is 8.74. The molecule has 5 heteroatoms. The molecule has 1 aliphatic rings. The minimum absolute atomic E-state index is 0.175. The molecule has 1 aliphatic carbocycles. The summed E-state index contributed by atoms with van der Waals surface area (Å²) in [5.41, 5.74) is 0. The molecule has 1 amide bonds. The second kappa shape index (κ2) is 3.92. The Balaban J connectivity index is 2.04. The maximum Gasteiger partial charge on any atom is 0.307 e. The fourth-order valence-corrected chi connectivity index (χ4v) is 1.65. The molecule has 16 heavy (non-hydrogen) atoms. The lowest BCUT2D eigenvalue weighted by molar-refractivity contribution is -0.139. The number of hydrogen-bond donors (Lipinski definition) is 1. The van der Waals surface area contributed by atoms with E-state index in [0.29, 0.717) is 12.2 Å². The van der Waals surface area contributed by atoms with Gasteiger partial charge in [-0.05, 0) is 18.6 Å². The number of anilines is 1. The zero-order valence-electron chi connectivity index (χ0n) is 8.83. The Morgan fingerprint density at radius 1 is 1.44 bits per heavy atom. The fraction of sp³-hybridized carbons (Fsp3) is 0.364. The smallest absolute Gasteiger partial charge is 0.307 e. The standard InChI is InChI=1S/C11H12N2O3/c1-13(9-4-2-3-5-12-9)10(14)7-6-8(7)11(15)16/h2-5,7-8H,6H2,1H3,(H,15,16). The van der Waals surface area contributed by atoms with E-state index in [1.807, 2.05) is 0 Å². The summed E-state index contributed by atoms with van der Waals surface area (Å²) >= 11 is 0. The van der Waals surface area contributed by atoms with Crippen LogP contribution in [0.5, 0.6) is 0 Å². The molecule has 84 valence electrons. The van der Waals surface area contributed by atoms with Crippen molar-refractivity contribution in [2.75, 3.05) is 11.9 Å². The maximum atomic E-state index is 11.8. The first-order valence-electron chi connectivity index (χ1n) is 5.02. The molecule has 1 saturated carbocycles. The number of aromatic nitrogens is 1. The average Bonchev–Trinajstić information content (AvgIpc) is 3.08. The third-order valence-electron chi connectivity index (χ3n) is 2.75. The van der Waals surface area contributed by atoms with Crippen LogP contribution in [0.4, 0.5) is 5.82 Å². The van der Waals surface area contributed by atoms with Gasteiger partial charge in [0.15, 0.2) is 0 Å². The molecular formula is C11H12N2O3. The lowest BCUT2D eigenvalue weighted by atomic mass is 10.3. The summed E-state index contributed by atoms with van der Waals surface area (Å²) in [4.78, 5) is 27.9. The van der Waals surface area contributed by atoms with Gasteiger partial charge in [0.05, 0.1) is 11.8 Å². The first-order valence-corrected chi connectivity index (χ1v) is 5.02. The van der Waals surface area contributed by atoms with Crippen molar-refractivity contribution in [3.63, 3.8) is 0 Å². The summed E-state index contributed by atoms with van der Waals surface area (Å²) in [6.45, 7) is 0. The fourth-order valence-electron chi connectivity index (χ4n) is 1.65. The van der Waals surface area contributed by atoms with E-state index in [1.165, 1.54) is 4.90 Å². The van der Waals surface area contributed by atoms with Gasteiger partial charge in [-0.2, -0.15) is 0 Å². The molecule has 0 aromatic carbocycles. The number of amides is 1. The number of carboxylic acids is 1. The third kappa shape index (κ3) is 1.88. The van der Waals surface area contributed by atoms with Crippen LogP contribution in [0.15, 0.2) is 24.4 Å². The zero-order valence-corrected chi connectivity index (χ0v) is 8.83. The first-order chi connectivity index (χ1) is 7.61. The molecule has 1 heterocycles. The van der Waals surface area contributed by atoms with Gasteiger partial charge >= 0.3 is 5.97 Å². The Kier molecular flexibility index (Phi) is 2.60. The van der Waals surface area contributed by atoms with Gasteiger partial charge in [-0.1, -0.05) is 6.07 Å². The van der Waals surface area contributed by atoms with E-state index in [1.54, 1.807) is 31.4 Å². The first kappa shape index (κ1) is 10.6. The van der Waals surface area contributed by atoms with Crippen LogP contribution >= 0.6 is 0 Å². The van der Waals surface area contributed by atoms with Crippen molar-refractivity contribution in [2.24, 2.45) is 11.8 Å². The normalized spacial score (nSPS) is 22.6. The van der Waals surface area contributed by atoms with Gasteiger partial charge in [0.1, 0.15) is 5.82 Å². The van der Waals surface area contributed by atoms with E-state index in [9.17, 15) is 9.59 Å². The zero-order chi connectivity index (χ0) is 11.7. The number of nitrogens with zero attached hydrogens (tertiary/aromatic N) is 2. The summed E-state index contributed by atoms with van der Waals surface area (Å²) < 4.78 is 0. The highest BCUT2D eigenvalue weighted by Gasteiger charge is 2.49. The van der Waals surface area contributed by atoms with Crippen LogP contribution in [-0.4, -0.2) is 29.0 Å². The largest absolute Gasteiger partial charge is 0.481 e. The van der Waals surface area contributed by atoms with Crippen LogP contribution in [-0.2, 0) is 9.59 Å². The summed E-state index contributed by atoms with van der Waals surface area (Å²) in [6.07, 6.45) is 2.03. The molecule has 1 aromatic heterocycles. The summed E-state index contributed by atoms with van der Waals surface area (Å²) in [7, 11) is 1.61. The van der Waals surface area contributed by atoms with Crippen molar-refractivity contribution >= 4 is 17.7 Å². The minimum Gasteiger partial charge on any atom is -0.481 e. The molecule has 0 bridgehead atoms. The number of rotatable bonds is 3. The summed E-state index contributed by atoms with van der Waals surface area (Å²) in [5.74, 6) is -1.43. The highest BCUT2D eigenvalue weighted by atomic mass is 16.4. The molecule has 0 radical (unpaired) electrons. The van der Waals surface area contributed by atoms with Crippen LogP contribution in [0.1, 0.15) is 6.42 Å². The monoisotopic (exact) mass is 220 g/mol. The Bertz CT molecular complexity index is 418. The van der Waals surface area contributed by atoms with Crippen LogP contribution in [0.25, 0.3) is 0 Å². The highest BCUT2D eigenvalue weighted by Crippen LogP contribution is 2.40. The van der Waals surface area contributed by atoms with Gasteiger partial charge in [-0.15, -0.1) is 0 Å². The van der Waals surface area contributed by atoms with E-state index in [2.05, 4.69) is 4.98 Å². The van der Waals surface area contributed by atoms with Gasteiger partial charge in [0.25, 0.3) is 0 Å². The number of carboxylic acid groups (broad SMARTS) is 1. The van der Waals surface area contributed by atoms with Crippen molar-refractivity contribution in [3.05, 3.63) is 24.4 Å². The van der Waals surface area contributed by atoms with Gasteiger partial charge in [0, 0.05) is 13.2 Å². The molecule has 2 rings (SSSR count). The molecule has 2 unspecified atom stereocenters. The lowest BCUT2D eigenvalue weighted by Gasteiger charge is -2.15. The van der Waals surface area contributed by atoms with Crippen molar-refractivity contribution in [1.29, 1.82) is 0 Å². The van der Waals surface area contributed by atoms with Crippen molar-refractivity contribution in [2.45, 2.75) is 6.42 Å². The minimum atomic E-state index is -0.896. The van der Waals surface area contributed by atoms with Gasteiger partial charge in [0.2, 0.25) is 5.91 Å².